The molecule has 23 heavy (non-hydrogen) atoms. The molecule has 1 aromatic carbocycles. The van der Waals surface area contributed by atoms with Crippen LogP contribution in [-0.4, -0.2) is 48.2 Å². The van der Waals surface area contributed by atoms with Gasteiger partial charge in [0.15, 0.2) is 11.5 Å². The van der Waals surface area contributed by atoms with Gasteiger partial charge in [0, 0.05) is 11.6 Å². The van der Waals surface area contributed by atoms with Gasteiger partial charge in [-0.15, -0.1) is 0 Å². The summed E-state index contributed by atoms with van der Waals surface area (Å²) in [5.74, 6) is -0.211. The normalized spacial score (nSPS) is 13.5. The standard InChI is InChI=1S/C17H23NO5/c1-3-4-9-23-14-8-5-12(10-15(14)22-2)17(21)18(11-16(19)20)13-6-7-13/h5,8,10,13H,3-4,6-7,9,11H2,1-2H3,(H,19,20). The molecule has 1 amide bonds. The number of carboxylic acid groups (broad SMARTS) is 1. The summed E-state index contributed by atoms with van der Waals surface area (Å²) in [5, 5.41) is 8.98. The van der Waals surface area contributed by atoms with E-state index in [9.17, 15) is 9.59 Å². The van der Waals surface area contributed by atoms with Crippen molar-refractivity contribution in [2.75, 3.05) is 20.3 Å². The summed E-state index contributed by atoms with van der Waals surface area (Å²) in [4.78, 5) is 24.9. The monoisotopic (exact) mass is 321 g/mol. The molecule has 1 fully saturated rings. The number of carboxylic acids is 1. The Labute approximate surface area is 136 Å². The third-order valence-electron chi connectivity index (χ3n) is 3.72. The van der Waals surface area contributed by atoms with Crippen molar-refractivity contribution in [1.82, 2.24) is 4.90 Å². The molecule has 1 aromatic rings. The Bertz CT molecular complexity index is 568. The van der Waals surface area contributed by atoms with Gasteiger partial charge < -0.3 is 19.5 Å². The van der Waals surface area contributed by atoms with Crippen molar-refractivity contribution in [3.63, 3.8) is 0 Å². The van der Waals surface area contributed by atoms with Gasteiger partial charge in [0.2, 0.25) is 0 Å². The van der Waals surface area contributed by atoms with Crippen LogP contribution in [0.1, 0.15) is 43.0 Å². The topological polar surface area (TPSA) is 76.1 Å². The number of hydrogen-bond acceptors (Lipinski definition) is 4. The van der Waals surface area contributed by atoms with E-state index in [1.54, 1.807) is 18.2 Å². The first-order valence-corrected chi connectivity index (χ1v) is 7.90. The van der Waals surface area contributed by atoms with Gasteiger partial charge in [-0.05, 0) is 37.5 Å². The lowest BCUT2D eigenvalue weighted by atomic mass is 10.1. The number of ether oxygens (including phenoxy) is 2. The first kappa shape index (κ1) is 17.1. The van der Waals surface area contributed by atoms with E-state index >= 15 is 0 Å². The summed E-state index contributed by atoms with van der Waals surface area (Å²) < 4.78 is 10.9. The number of rotatable bonds is 9. The number of carbonyl (C=O) groups excluding carboxylic acids is 1. The number of amides is 1. The van der Waals surface area contributed by atoms with E-state index < -0.39 is 5.97 Å². The minimum atomic E-state index is -1.00. The van der Waals surface area contributed by atoms with Crippen LogP contribution in [0.15, 0.2) is 18.2 Å². The fourth-order valence-electron chi connectivity index (χ4n) is 2.31. The number of carbonyl (C=O) groups is 2. The molecular weight excluding hydrogens is 298 g/mol. The first-order chi connectivity index (χ1) is 11.1. The predicted molar refractivity (Wildman–Crippen MR) is 85.1 cm³/mol. The first-order valence-electron chi connectivity index (χ1n) is 7.90. The fraction of sp³-hybridized carbons (Fsp3) is 0.529. The van der Waals surface area contributed by atoms with Gasteiger partial charge in [-0.2, -0.15) is 0 Å². The average Bonchev–Trinajstić information content (AvgIpc) is 3.37. The van der Waals surface area contributed by atoms with E-state index in [0.29, 0.717) is 23.7 Å². The molecule has 0 atom stereocenters. The van der Waals surface area contributed by atoms with Crippen molar-refractivity contribution in [2.24, 2.45) is 0 Å². The molecule has 6 heteroatoms. The molecule has 0 spiro atoms. The lowest BCUT2D eigenvalue weighted by Gasteiger charge is -2.21. The number of aliphatic carboxylic acids is 1. The molecule has 0 aliphatic heterocycles. The third kappa shape index (κ3) is 4.61. The van der Waals surface area contributed by atoms with Crippen LogP contribution in [0.2, 0.25) is 0 Å². The second kappa shape index (κ2) is 7.85. The zero-order chi connectivity index (χ0) is 16.8. The van der Waals surface area contributed by atoms with Crippen molar-refractivity contribution >= 4 is 11.9 Å². The van der Waals surface area contributed by atoms with Gasteiger partial charge in [0.05, 0.1) is 13.7 Å². The SMILES string of the molecule is CCCCOc1ccc(C(=O)N(CC(=O)O)C2CC2)cc1OC. The number of hydrogen-bond donors (Lipinski definition) is 1. The van der Waals surface area contributed by atoms with Crippen LogP contribution in [0.5, 0.6) is 11.5 Å². The summed E-state index contributed by atoms with van der Waals surface area (Å²) in [6.45, 7) is 2.39. The zero-order valence-corrected chi connectivity index (χ0v) is 13.6. The van der Waals surface area contributed by atoms with Crippen molar-refractivity contribution in [3.05, 3.63) is 23.8 Å². The van der Waals surface area contributed by atoms with Gasteiger partial charge in [0.1, 0.15) is 6.54 Å². The molecule has 1 aliphatic rings. The highest BCUT2D eigenvalue weighted by Gasteiger charge is 2.34. The Morgan fingerprint density at radius 1 is 1.30 bits per heavy atom. The van der Waals surface area contributed by atoms with Crippen LogP contribution in [0.4, 0.5) is 0 Å². The predicted octanol–water partition coefficient (Wildman–Crippen LogP) is 2.56. The van der Waals surface area contributed by atoms with Crippen molar-refractivity contribution < 1.29 is 24.2 Å². The maximum absolute atomic E-state index is 12.6. The summed E-state index contributed by atoms with van der Waals surface area (Å²) >= 11 is 0. The van der Waals surface area contributed by atoms with Gasteiger partial charge in [-0.3, -0.25) is 9.59 Å². The van der Waals surface area contributed by atoms with Crippen LogP contribution < -0.4 is 9.47 Å². The van der Waals surface area contributed by atoms with E-state index in [-0.39, 0.29) is 18.5 Å². The highest BCUT2D eigenvalue weighted by Crippen LogP contribution is 2.31. The number of nitrogens with zero attached hydrogens (tertiary/aromatic N) is 1. The molecule has 0 aromatic heterocycles. The molecule has 0 radical (unpaired) electrons. The lowest BCUT2D eigenvalue weighted by molar-refractivity contribution is -0.137. The second-order valence-electron chi connectivity index (χ2n) is 5.63. The summed E-state index contributed by atoms with van der Waals surface area (Å²) in [7, 11) is 1.52. The number of unbranched alkanes of at least 4 members (excludes halogenated alkanes) is 1. The molecule has 126 valence electrons. The smallest absolute Gasteiger partial charge is 0.323 e. The minimum absolute atomic E-state index is 0.0325. The minimum Gasteiger partial charge on any atom is -0.493 e. The van der Waals surface area contributed by atoms with Gasteiger partial charge >= 0.3 is 5.97 Å². The Hall–Kier alpha value is -2.24. The molecule has 0 unspecified atom stereocenters. The highest BCUT2D eigenvalue weighted by molar-refractivity contribution is 5.96. The molecule has 1 N–H and O–H groups in total. The highest BCUT2D eigenvalue weighted by atomic mass is 16.5. The molecule has 1 aliphatic carbocycles. The largest absolute Gasteiger partial charge is 0.493 e. The number of methoxy groups -OCH3 is 1. The summed E-state index contributed by atoms with van der Waals surface area (Å²) in [6.07, 6.45) is 3.69. The fourth-order valence-corrected chi connectivity index (χ4v) is 2.31. The van der Waals surface area contributed by atoms with E-state index in [4.69, 9.17) is 14.6 Å². The van der Waals surface area contributed by atoms with Crippen LogP contribution in [0, 0.1) is 0 Å². The van der Waals surface area contributed by atoms with Crippen LogP contribution >= 0.6 is 0 Å². The molecule has 0 saturated heterocycles. The van der Waals surface area contributed by atoms with Gasteiger partial charge in [-0.1, -0.05) is 13.3 Å². The van der Waals surface area contributed by atoms with E-state index in [1.165, 1.54) is 12.0 Å². The molecule has 2 rings (SSSR count). The maximum Gasteiger partial charge on any atom is 0.323 e. The number of benzene rings is 1. The second-order valence-corrected chi connectivity index (χ2v) is 5.63. The van der Waals surface area contributed by atoms with Crippen LogP contribution in [0.25, 0.3) is 0 Å². The van der Waals surface area contributed by atoms with E-state index in [1.807, 2.05) is 0 Å². The molecule has 1 saturated carbocycles. The maximum atomic E-state index is 12.6. The Morgan fingerprint density at radius 3 is 2.61 bits per heavy atom. The van der Waals surface area contributed by atoms with Crippen molar-refractivity contribution in [1.29, 1.82) is 0 Å². The lowest BCUT2D eigenvalue weighted by Crippen LogP contribution is -2.37. The summed E-state index contributed by atoms with van der Waals surface area (Å²) in [6, 6.07) is 5.00. The van der Waals surface area contributed by atoms with Gasteiger partial charge in [0.25, 0.3) is 5.91 Å². The Balaban J connectivity index is 2.14. The summed E-state index contributed by atoms with van der Waals surface area (Å²) in [5.41, 5.74) is 0.415. The quantitative estimate of drug-likeness (QED) is 0.707. The molecule has 6 nitrogen and oxygen atoms in total. The molecule has 0 bridgehead atoms. The van der Waals surface area contributed by atoms with Crippen molar-refractivity contribution in [2.45, 2.75) is 38.6 Å². The van der Waals surface area contributed by atoms with E-state index in [2.05, 4.69) is 6.92 Å². The third-order valence-corrected chi connectivity index (χ3v) is 3.72. The van der Waals surface area contributed by atoms with Gasteiger partial charge in [-0.25, -0.2) is 0 Å². The molecular formula is C17H23NO5. The average molecular weight is 321 g/mol. The van der Waals surface area contributed by atoms with Crippen LogP contribution in [0.3, 0.4) is 0 Å². The van der Waals surface area contributed by atoms with E-state index in [0.717, 1.165) is 25.7 Å². The Morgan fingerprint density at radius 2 is 2.04 bits per heavy atom. The van der Waals surface area contributed by atoms with Crippen molar-refractivity contribution in [3.8, 4) is 11.5 Å². The zero-order valence-electron chi connectivity index (χ0n) is 13.6. The molecule has 0 heterocycles. The Kier molecular flexibility index (Phi) is 5.84. The van der Waals surface area contributed by atoms with Crippen LogP contribution in [-0.2, 0) is 4.79 Å².